The van der Waals surface area contributed by atoms with Crippen molar-refractivity contribution in [1.82, 2.24) is 10.4 Å². The Hall–Kier alpha value is -1.49. The number of nitrogens with zero attached hydrogens (tertiary/aromatic N) is 1. The van der Waals surface area contributed by atoms with E-state index in [9.17, 15) is 10.0 Å². The average Bonchev–Trinajstić information content (AvgIpc) is 1.97. The molecular weight excluding hydrogens is 160 g/mol. The van der Waals surface area contributed by atoms with Crippen LogP contribution in [0.2, 0.25) is 0 Å². The summed E-state index contributed by atoms with van der Waals surface area (Å²) in [6, 6.07) is 0. The van der Waals surface area contributed by atoms with Crippen molar-refractivity contribution in [2.45, 2.75) is 6.92 Å². The van der Waals surface area contributed by atoms with E-state index in [2.05, 4.69) is 0 Å². The molecule has 0 bridgehead atoms. The van der Waals surface area contributed by atoms with E-state index in [4.69, 9.17) is 5.11 Å². The van der Waals surface area contributed by atoms with E-state index in [-0.39, 0.29) is 12.4 Å². The van der Waals surface area contributed by atoms with E-state index in [0.717, 1.165) is 0 Å². The SMILES string of the molecule is CC1=C(NC(=O)O)N([O-])CC=C1. The summed E-state index contributed by atoms with van der Waals surface area (Å²) >= 11 is 0. The molecule has 2 N–H and O–H groups in total. The van der Waals surface area contributed by atoms with Crippen LogP contribution in [0, 0.1) is 5.21 Å². The van der Waals surface area contributed by atoms with Gasteiger partial charge >= 0.3 is 6.09 Å². The van der Waals surface area contributed by atoms with Gasteiger partial charge in [0.1, 0.15) is 5.82 Å². The predicted molar refractivity (Wildman–Crippen MR) is 43.1 cm³/mol. The van der Waals surface area contributed by atoms with E-state index < -0.39 is 6.09 Å². The summed E-state index contributed by atoms with van der Waals surface area (Å²) in [4.78, 5) is 10.2. The van der Waals surface area contributed by atoms with Gasteiger partial charge in [-0.1, -0.05) is 12.2 Å². The second-order valence-electron chi connectivity index (χ2n) is 2.43. The molecule has 5 nitrogen and oxygen atoms in total. The predicted octanol–water partition coefficient (Wildman–Crippen LogP) is 0.855. The van der Waals surface area contributed by atoms with Crippen molar-refractivity contribution in [2.24, 2.45) is 0 Å². The van der Waals surface area contributed by atoms with Gasteiger partial charge in [-0.15, -0.1) is 0 Å². The molecule has 5 heteroatoms. The van der Waals surface area contributed by atoms with Crippen LogP contribution in [0.1, 0.15) is 6.92 Å². The van der Waals surface area contributed by atoms with Gasteiger partial charge in [0, 0.05) is 6.54 Å². The van der Waals surface area contributed by atoms with Crippen LogP contribution in [0.3, 0.4) is 0 Å². The van der Waals surface area contributed by atoms with E-state index in [1.54, 1.807) is 19.1 Å². The van der Waals surface area contributed by atoms with E-state index in [1.165, 1.54) is 0 Å². The van der Waals surface area contributed by atoms with Crippen LogP contribution in [0.15, 0.2) is 23.5 Å². The molecule has 0 radical (unpaired) electrons. The Labute approximate surface area is 69.6 Å². The summed E-state index contributed by atoms with van der Waals surface area (Å²) in [6.07, 6.45) is 2.16. The standard InChI is InChI=1S/C7H9N2O3/c1-5-3-2-4-9(12)6(5)8-7(10)11/h2-3,8H,4H2,1H3,(H,10,11)/q-1. The van der Waals surface area contributed by atoms with Gasteiger partial charge in [-0.2, -0.15) is 0 Å². The van der Waals surface area contributed by atoms with Gasteiger partial charge < -0.3 is 15.4 Å². The van der Waals surface area contributed by atoms with Crippen molar-refractivity contribution in [2.75, 3.05) is 6.54 Å². The molecule has 1 rings (SSSR count). The molecule has 0 saturated heterocycles. The Morgan fingerprint density at radius 2 is 2.50 bits per heavy atom. The maximum Gasteiger partial charge on any atom is 0.410 e. The molecule has 1 aliphatic heterocycles. The van der Waals surface area contributed by atoms with Gasteiger partial charge in [-0.3, -0.25) is 5.32 Å². The van der Waals surface area contributed by atoms with Gasteiger partial charge in [-0.25, -0.2) is 4.79 Å². The van der Waals surface area contributed by atoms with Crippen molar-refractivity contribution in [3.05, 3.63) is 28.8 Å². The normalized spacial score (nSPS) is 16.7. The zero-order chi connectivity index (χ0) is 9.14. The summed E-state index contributed by atoms with van der Waals surface area (Å²) in [5, 5.41) is 22.0. The fraction of sp³-hybridized carbons (Fsp3) is 0.286. The minimum atomic E-state index is -1.22. The van der Waals surface area contributed by atoms with Crippen LogP contribution < -0.4 is 5.32 Å². The monoisotopic (exact) mass is 169 g/mol. The number of hydrogen-bond acceptors (Lipinski definition) is 3. The summed E-state index contributed by atoms with van der Waals surface area (Å²) in [5.41, 5.74) is 0.624. The number of nitrogens with one attached hydrogen (secondary N) is 1. The van der Waals surface area contributed by atoms with E-state index in [1.807, 2.05) is 5.32 Å². The Morgan fingerprint density at radius 1 is 1.83 bits per heavy atom. The zero-order valence-electron chi connectivity index (χ0n) is 6.57. The molecule has 0 fully saturated rings. The van der Waals surface area contributed by atoms with E-state index >= 15 is 0 Å². The first-order chi connectivity index (χ1) is 5.61. The molecule has 0 atom stereocenters. The highest BCUT2D eigenvalue weighted by atomic mass is 16.5. The lowest BCUT2D eigenvalue weighted by atomic mass is 10.2. The second kappa shape index (κ2) is 3.27. The molecule has 0 unspecified atom stereocenters. The summed E-state index contributed by atoms with van der Waals surface area (Å²) < 4.78 is 0. The Kier molecular flexibility index (Phi) is 2.35. The Bertz CT molecular complexity index is 257. The highest BCUT2D eigenvalue weighted by molar-refractivity contribution is 5.67. The first kappa shape index (κ1) is 8.61. The number of hydrogen-bond donors (Lipinski definition) is 2. The number of allylic oxidation sites excluding steroid dienone is 2. The van der Waals surface area contributed by atoms with Crippen LogP contribution >= 0.6 is 0 Å². The largest absolute Gasteiger partial charge is 0.757 e. The van der Waals surface area contributed by atoms with Gasteiger partial charge in [0.2, 0.25) is 0 Å². The number of carbonyl (C=O) groups is 1. The summed E-state index contributed by atoms with van der Waals surface area (Å²) in [7, 11) is 0. The molecule has 66 valence electrons. The molecule has 12 heavy (non-hydrogen) atoms. The van der Waals surface area contributed by atoms with Crippen molar-refractivity contribution in [1.29, 1.82) is 0 Å². The molecule has 0 aliphatic carbocycles. The fourth-order valence-electron chi connectivity index (χ4n) is 0.954. The van der Waals surface area contributed by atoms with Crippen molar-refractivity contribution in [3.63, 3.8) is 0 Å². The zero-order valence-corrected chi connectivity index (χ0v) is 6.57. The van der Waals surface area contributed by atoms with Crippen molar-refractivity contribution < 1.29 is 9.90 Å². The third kappa shape index (κ3) is 1.76. The van der Waals surface area contributed by atoms with Crippen LogP contribution in [-0.2, 0) is 0 Å². The quantitative estimate of drug-likeness (QED) is 0.610. The van der Waals surface area contributed by atoms with E-state index in [0.29, 0.717) is 10.6 Å². The molecule has 1 heterocycles. The highest BCUT2D eigenvalue weighted by Crippen LogP contribution is 2.12. The van der Waals surface area contributed by atoms with Crippen LogP contribution in [-0.4, -0.2) is 22.8 Å². The van der Waals surface area contributed by atoms with Gasteiger partial charge in [0.15, 0.2) is 0 Å². The maximum absolute atomic E-state index is 11.0. The smallest absolute Gasteiger partial charge is 0.410 e. The van der Waals surface area contributed by atoms with Gasteiger partial charge in [-0.05, 0) is 12.5 Å². The molecule has 0 saturated carbocycles. The number of hydroxylamine groups is 2. The first-order valence-electron chi connectivity index (χ1n) is 3.43. The minimum Gasteiger partial charge on any atom is -0.757 e. The van der Waals surface area contributed by atoms with Gasteiger partial charge in [0.25, 0.3) is 0 Å². The topological polar surface area (TPSA) is 75.6 Å². The fourth-order valence-corrected chi connectivity index (χ4v) is 0.954. The third-order valence-corrected chi connectivity index (χ3v) is 1.49. The van der Waals surface area contributed by atoms with Gasteiger partial charge in [0.05, 0.1) is 0 Å². The summed E-state index contributed by atoms with van der Waals surface area (Å²) in [6.45, 7) is 1.86. The molecule has 0 aromatic heterocycles. The lowest BCUT2D eigenvalue weighted by Crippen LogP contribution is -2.33. The maximum atomic E-state index is 11.0. The minimum absolute atomic E-state index is 0.102. The van der Waals surface area contributed by atoms with Crippen LogP contribution in [0.4, 0.5) is 4.79 Å². The summed E-state index contributed by atoms with van der Waals surface area (Å²) in [5.74, 6) is 0.102. The van der Waals surface area contributed by atoms with Crippen molar-refractivity contribution in [3.8, 4) is 0 Å². The number of carboxylic acid groups (broad SMARTS) is 1. The molecule has 0 aromatic rings. The molecule has 1 amide bonds. The van der Waals surface area contributed by atoms with Crippen LogP contribution in [0.5, 0.6) is 0 Å². The lowest BCUT2D eigenvalue weighted by molar-refractivity contribution is 0.194. The van der Waals surface area contributed by atoms with Crippen molar-refractivity contribution >= 4 is 6.09 Å². The molecule has 1 aliphatic rings. The number of amides is 1. The van der Waals surface area contributed by atoms with Crippen LogP contribution in [0.25, 0.3) is 0 Å². The lowest BCUT2D eigenvalue weighted by Gasteiger charge is -2.34. The second-order valence-corrected chi connectivity index (χ2v) is 2.43. The Morgan fingerprint density at radius 3 is 3.00 bits per heavy atom. The molecular formula is C7H9N2O3-. The first-order valence-corrected chi connectivity index (χ1v) is 3.43. The Balaban J connectivity index is 2.81. The highest BCUT2D eigenvalue weighted by Gasteiger charge is 2.08. The number of rotatable bonds is 1. The molecule has 0 aromatic carbocycles. The third-order valence-electron chi connectivity index (χ3n) is 1.49. The molecule has 0 spiro atoms. The average molecular weight is 169 g/mol.